The van der Waals surface area contributed by atoms with Gasteiger partial charge < -0.3 is 24.8 Å². The predicted octanol–water partition coefficient (Wildman–Crippen LogP) is -0.354. The van der Waals surface area contributed by atoms with E-state index < -0.39 is 28.4 Å². The first-order valence-electron chi connectivity index (χ1n) is 12.0. The molecular weight excluding hydrogens is 608 g/mol. The van der Waals surface area contributed by atoms with Gasteiger partial charge in [0.15, 0.2) is 0 Å². The molecule has 0 spiro atoms. The van der Waals surface area contributed by atoms with Gasteiger partial charge in [0.2, 0.25) is 0 Å². The van der Waals surface area contributed by atoms with Crippen molar-refractivity contribution in [2.75, 3.05) is 7.11 Å². The van der Waals surface area contributed by atoms with Crippen molar-refractivity contribution in [3.8, 4) is 35.8 Å². The molecule has 0 aliphatic rings. The van der Waals surface area contributed by atoms with Crippen LogP contribution in [-0.2, 0) is 4.79 Å². The Hall–Kier alpha value is 0.646. The maximum absolute atomic E-state index is 9.62. The van der Waals surface area contributed by atoms with E-state index in [2.05, 4.69) is 76.1 Å². The number of aliphatic hydroxyl groups excluding tert-OH is 3. The van der Waals surface area contributed by atoms with Crippen molar-refractivity contribution in [2.45, 2.75) is 112 Å². The second-order valence-electron chi connectivity index (χ2n) is 11.2. The molecule has 0 aromatic rings. The quantitative estimate of drug-likeness (QED) is 0.206. The molecule has 0 radical (unpaired) electrons. The smallest absolute Gasteiger partial charge is 1.00 e. The molecule has 2 unspecified atom stereocenters. The number of hydrogen-bond acceptors (Lipinski definition) is 4. The Morgan fingerprint density at radius 1 is 0.750 bits per heavy atom. The zero-order valence-electron chi connectivity index (χ0n) is 25.9. The summed E-state index contributed by atoms with van der Waals surface area (Å²) >= 11 is 0. The molecule has 0 aliphatic carbocycles. The third-order valence-corrected chi connectivity index (χ3v) is 4.96. The van der Waals surface area contributed by atoms with E-state index in [9.17, 15) is 9.90 Å². The average Bonchev–Trinajstić information content (AvgIpc) is 2.67. The normalized spacial score (nSPS) is 11.0. The van der Waals surface area contributed by atoms with Gasteiger partial charge in [-0.3, -0.25) is 0 Å². The van der Waals surface area contributed by atoms with Crippen LogP contribution in [0.1, 0.15) is 60.8 Å². The summed E-state index contributed by atoms with van der Waals surface area (Å²) in [5, 5.41) is 25.2. The molecule has 0 aromatic heterocycles. The fraction of sp³-hybridized carbons (Fsp3) is 0.750. The van der Waals surface area contributed by atoms with E-state index in [0.29, 0.717) is 30.6 Å². The van der Waals surface area contributed by atoms with Gasteiger partial charge in [0, 0.05) is 13.5 Å². The van der Waals surface area contributed by atoms with Crippen LogP contribution >= 0.6 is 0 Å². The Bertz CT molecular complexity index is 603. The number of terminal acetylenes is 2. The van der Waals surface area contributed by atoms with Crippen LogP contribution in [0.3, 0.4) is 0 Å². The maximum Gasteiger partial charge on any atom is 1.00 e. The summed E-state index contributed by atoms with van der Waals surface area (Å²) in [4.78, 5) is 9.62. The van der Waals surface area contributed by atoms with Crippen molar-refractivity contribution in [3.05, 3.63) is 0 Å². The number of hydrogen-bond donors (Lipinski definition) is 3. The van der Waals surface area contributed by atoms with E-state index in [1.165, 1.54) is 0 Å². The minimum Gasteiger partial charge on any atom is -1.00 e. The summed E-state index contributed by atoms with van der Waals surface area (Å²) in [5.74, 6) is 6.71. The zero-order chi connectivity index (χ0) is 28.5. The Kier molecular flexibility index (Phi) is 49.6. The summed E-state index contributed by atoms with van der Waals surface area (Å²) in [6.07, 6.45) is 12.2. The summed E-state index contributed by atoms with van der Waals surface area (Å²) in [6.45, 7) is 25.3. The summed E-state index contributed by atoms with van der Waals surface area (Å²) < 4.78 is 0. The monoisotopic (exact) mass is 664 g/mol. The molecule has 0 saturated carbocycles. The topological polar surface area (TPSA) is 77.8 Å². The molecule has 0 rings (SSSR count). The Morgan fingerprint density at radius 3 is 1.22 bits per heavy atom. The van der Waals surface area contributed by atoms with Gasteiger partial charge in [0.1, 0.15) is 34.6 Å². The van der Waals surface area contributed by atoms with Crippen LogP contribution < -0.4 is 73.6 Å². The van der Waals surface area contributed by atoms with E-state index in [4.69, 9.17) is 23.1 Å². The van der Waals surface area contributed by atoms with Gasteiger partial charge >= 0.3 is 68.9 Å². The van der Waals surface area contributed by atoms with Gasteiger partial charge in [0.25, 0.3) is 0 Å². The molecule has 4 nitrogen and oxygen atoms in total. The minimum absolute atomic E-state index is 0. The molecule has 0 saturated heterocycles. The first-order valence-corrected chi connectivity index (χ1v) is 19.0. The van der Waals surface area contributed by atoms with Crippen LogP contribution in [0, 0.1) is 53.5 Å². The van der Waals surface area contributed by atoms with Crippen LogP contribution in [0.15, 0.2) is 0 Å². The first kappa shape index (κ1) is 53.0. The molecule has 0 amide bonds. The minimum atomic E-state index is -1.29. The van der Waals surface area contributed by atoms with E-state index in [1.807, 2.05) is 27.7 Å². The molecular formula is C28H56CsFO4Si2. The molecule has 2 atom stereocenters. The number of rotatable bonds is 6. The van der Waals surface area contributed by atoms with Gasteiger partial charge in [-0.25, -0.2) is 0 Å². The van der Waals surface area contributed by atoms with Crippen LogP contribution in [0.2, 0.25) is 39.3 Å². The third-order valence-electron chi connectivity index (χ3n) is 3.20. The molecule has 0 bridgehead atoms. The molecule has 8 heteroatoms. The molecule has 0 aliphatic heterocycles. The number of aldehydes is 1. The molecule has 0 fully saturated rings. The third kappa shape index (κ3) is 76.5. The molecule has 208 valence electrons. The Balaban J connectivity index is -0.0000000621. The molecule has 3 N–H and O–H groups in total. The van der Waals surface area contributed by atoms with E-state index in [-0.39, 0.29) is 73.6 Å². The van der Waals surface area contributed by atoms with Gasteiger partial charge in [0.05, 0.1) is 0 Å². The summed E-state index contributed by atoms with van der Waals surface area (Å²) in [5.41, 5.74) is 5.91. The molecule has 0 heterocycles. The van der Waals surface area contributed by atoms with Gasteiger partial charge in [-0.15, -0.1) is 23.9 Å². The fourth-order valence-electron chi connectivity index (χ4n) is 1.51. The van der Waals surface area contributed by atoms with Crippen molar-refractivity contribution >= 4 is 22.4 Å². The second kappa shape index (κ2) is 33.7. The van der Waals surface area contributed by atoms with Crippen LogP contribution in [0.4, 0.5) is 0 Å². The zero-order valence-corrected chi connectivity index (χ0v) is 34.1. The summed E-state index contributed by atoms with van der Waals surface area (Å²) in [7, 11) is -1.40. The van der Waals surface area contributed by atoms with Crippen molar-refractivity contribution in [2.24, 2.45) is 17.8 Å². The van der Waals surface area contributed by atoms with Crippen LogP contribution in [0.5, 0.6) is 0 Å². The van der Waals surface area contributed by atoms with Crippen molar-refractivity contribution in [1.82, 2.24) is 0 Å². The number of carbonyl (C=O) groups is 1. The standard InChI is InChI=1S/C10H20OSi.C7H12O.C5H10O.C5H10Si.CH4O.Cs.FH/c1-9(2)8-10(11)6-7-12(3,4)5;1-4-7(8)5-6(2)3;1-5(2)3-4-6;1-5-6(2,3)4;1-2;;/h9-11H,8H2,1-5H3;1,6-8H,5H2,2-3H3;4-5H,3H2,1-2H3;1H,2-4H3;2H,1H3;;1H/q;;;;;+1;/p-1. The van der Waals surface area contributed by atoms with Crippen molar-refractivity contribution in [3.63, 3.8) is 0 Å². The van der Waals surface area contributed by atoms with E-state index in [0.717, 1.165) is 19.8 Å². The first-order chi connectivity index (χ1) is 15.3. The van der Waals surface area contributed by atoms with Crippen molar-refractivity contribution < 1.29 is 93.7 Å². The van der Waals surface area contributed by atoms with Gasteiger partial charge in [-0.1, -0.05) is 92.7 Å². The SMILES string of the molecule is C#CC(O)CC(C)C.C#C[Si](C)(C)C.CC(C)CC(O)C#C[Si](C)(C)C.CC(C)CC=O.CO.[Cs+].[F-]. The second-order valence-corrected chi connectivity index (χ2v) is 20.7. The molecule has 36 heavy (non-hydrogen) atoms. The van der Waals surface area contributed by atoms with Gasteiger partial charge in [-0.05, 0) is 30.6 Å². The Labute approximate surface area is 285 Å². The predicted molar refractivity (Wildman–Crippen MR) is 157 cm³/mol. The maximum atomic E-state index is 9.62. The fourth-order valence-corrected chi connectivity index (χ4v) is 2.11. The van der Waals surface area contributed by atoms with E-state index in [1.54, 1.807) is 0 Å². The van der Waals surface area contributed by atoms with E-state index >= 15 is 0 Å². The number of halogens is 1. The molecule has 0 aromatic carbocycles. The van der Waals surface area contributed by atoms with Gasteiger partial charge in [-0.2, -0.15) is 0 Å². The largest absolute Gasteiger partial charge is 1.00 e. The summed E-state index contributed by atoms with van der Waals surface area (Å²) in [6, 6.07) is 0. The van der Waals surface area contributed by atoms with Crippen LogP contribution in [0.25, 0.3) is 0 Å². The average molecular weight is 665 g/mol. The number of carbonyl (C=O) groups excluding carboxylic acids is 1. The van der Waals surface area contributed by atoms with Crippen molar-refractivity contribution in [1.29, 1.82) is 0 Å². The Morgan fingerprint density at radius 2 is 1.08 bits per heavy atom. The van der Waals surface area contributed by atoms with Crippen LogP contribution in [-0.4, -0.2) is 57.1 Å². The number of aliphatic hydroxyl groups is 3.